The highest BCUT2D eigenvalue weighted by molar-refractivity contribution is 4.91. The smallest absolute Gasteiger partial charge is 0.364 e. The Morgan fingerprint density at radius 2 is 1.90 bits per heavy atom. The predicted octanol–water partition coefficient (Wildman–Crippen LogP) is 1.66. The molecule has 2 aliphatic carbocycles. The molecule has 0 bridgehead atoms. The van der Waals surface area contributed by atoms with Crippen molar-refractivity contribution in [2.24, 2.45) is 0 Å². The summed E-state index contributed by atoms with van der Waals surface area (Å²) in [5.74, 6) is 0. The second-order valence-electron chi connectivity index (χ2n) is 6.64. The third-order valence-electron chi connectivity index (χ3n) is 5.03. The number of aromatic nitrogens is 4. The van der Waals surface area contributed by atoms with Gasteiger partial charge in [0.1, 0.15) is 0 Å². The molecule has 0 radical (unpaired) electrons. The van der Waals surface area contributed by atoms with Gasteiger partial charge in [-0.3, -0.25) is 0 Å². The zero-order valence-electron chi connectivity index (χ0n) is 11.8. The highest BCUT2D eigenvalue weighted by Gasteiger charge is 2.41. The summed E-state index contributed by atoms with van der Waals surface area (Å²) in [5, 5.41) is 8.00. The van der Waals surface area contributed by atoms with Gasteiger partial charge < -0.3 is 4.74 Å². The van der Waals surface area contributed by atoms with Crippen LogP contribution in [0.1, 0.15) is 63.8 Å². The molecule has 0 N–H and O–H groups in total. The van der Waals surface area contributed by atoms with Gasteiger partial charge in [-0.05, 0) is 49.0 Å². The Morgan fingerprint density at radius 3 is 2.65 bits per heavy atom. The Bertz CT molecular complexity index is 540. The third kappa shape index (κ3) is 2.20. The van der Waals surface area contributed by atoms with Crippen LogP contribution in [-0.4, -0.2) is 31.5 Å². The van der Waals surface area contributed by atoms with Gasteiger partial charge in [-0.25, -0.2) is 4.79 Å². The lowest BCUT2D eigenvalue weighted by Crippen LogP contribution is -2.34. The van der Waals surface area contributed by atoms with Crippen molar-refractivity contribution in [2.75, 3.05) is 0 Å². The average molecular weight is 278 g/mol. The molecule has 2 heterocycles. The molecule has 0 unspecified atom stereocenters. The van der Waals surface area contributed by atoms with E-state index in [0.717, 1.165) is 25.7 Å². The van der Waals surface area contributed by atoms with Gasteiger partial charge in [0, 0.05) is 0 Å². The van der Waals surface area contributed by atoms with E-state index in [-0.39, 0.29) is 17.4 Å². The van der Waals surface area contributed by atoms with Crippen LogP contribution in [0.15, 0.2) is 4.79 Å². The van der Waals surface area contributed by atoms with Crippen molar-refractivity contribution < 1.29 is 4.74 Å². The van der Waals surface area contributed by atoms with Crippen molar-refractivity contribution in [1.82, 2.24) is 19.8 Å². The van der Waals surface area contributed by atoms with Crippen LogP contribution in [0.4, 0.5) is 0 Å². The first-order valence-electron chi connectivity index (χ1n) is 7.96. The molecular weight excluding hydrogens is 256 g/mol. The maximum atomic E-state index is 12.2. The topological polar surface area (TPSA) is 61.9 Å². The third-order valence-corrected chi connectivity index (χ3v) is 5.03. The Morgan fingerprint density at radius 1 is 1.10 bits per heavy atom. The van der Waals surface area contributed by atoms with Crippen LogP contribution >= 0.6 is 0 Å². The van der Waals surface area contributed by atoms with E-state index in [0.29, 0.717) is 12.6 Å². The minimum Gasteiger partial charge on any atom is -0.370 e. The van der Waals surface area contributed by atoms with Crippen LogP contribution < -0.4 is 5.69 Å². The summed E-state index contributed by atoms with van der Waals surface area (Å²) in [5.41, 5.74) is 0.0413. The molecule has 1 spiro atoms. The first kappa shape index (κ1) is 12.6. The van der Waals surface area contributed by atoms with Crippen LogP contribution in [0.3, 0.4) is 0 Å². The van der Waals surface area contributed by atoms with E-state index in [4.69, 9.17) is 4.74 Å². The largest absolute Gasteiger partial charge is 0.370 e. The second kappa shape index (κ2) is 4.69. The second-order valence-corrected chi connectivity index (χ2v) is 6.64. The Labute approximate surface area is 118 Å². The Balaban J connectivity index is 1.43. The summed E-state index contributed by atoms with van der Waals surface area (Å²) in [6, 6.07) is 0.297. The summed E-state index contributed by atoms with van der Waals surface area (Å²) in [7, 11) is 0. The first-order valence-corrected chi connectivity index (χ1v) is 7.96. The molecule has 0 amide bonds. The monoisotopic (exact) mass is 278 g/mol. The van der Waals surface area contributed by atoms with Gasteiger partial charge in [0.05, 0.1) is 24.3 Å². The van der Waals surface area contributed by atoms with Gasteiger partial charge in [-0.15, -0.1) is 0 Å². The molecule has 20 heavy (non-hydrogen) atoms. The summed E-state index contributed by atoms with van der Waals surface area (Å²) >= 11 is 0. The van der Waals surface area contributed by atoms with E-state index < -0.39 is 0 Å². The zero-order valence-corrected chi connectivity index (χ0v) is 11.8. The summed E-state index contributed by atoms with van der Waals surface area (Å²) in [6.45, 7) is 0.563. The van der Waals surface area contributed by atoms with Crippen LogP contribution in [-0.2, 0) is 11.3 Å². The van der Waals surface area contributed by atoms with E-state index in [9.17, 15) is 4.79 Å². The van der Waals surface area contributed by atoms with Gasteiger partial charge in [0.25, 0.3) is 0 Å². The highest BCUT2D eigenvalue weighted by Crippen LogP contribution is 2.42. The molecule has 1 saturated heterocycles. The molecule has 1 aromatic rings. The summed E-state index contributed by atoms with van der Waals surface area (Å²) < 4.78 is 9.32. The number of hydrogen-bond acceptors (Lipinski definition) is 4. The fourth-order valence-electron chi connectivity index (χ4n) is 3.73. The molecule has 1 aromatic heterocycles. The van der Waals surface area contributed by atoms with Crippen molar-refractivity contribution in [2.45, 2.75) is 82.1 Å². The van der Waals surface area contributed by atoms with Crippen molar-refractivity contribution in [3.05, 3.63) is 10.5 Å². The highest BCUT2D eigenvalue weighted by atomic mass is 16.5. The molecule has 3 aliphatic rings. The van der Waals surface area contributed by atoms with E-state index >= 15 is 0 Å². The maximum Gasteiger partial charge on any atom is 0.364 e. The summed E-state index contributed by atoms with van der Waals surface area (Å²) in [4.78, 5) is 12.2. The fourth-order valence-corrected chi connectivity index (χ4v) is 3.73. The van der Waals surface area contributed by atoms with Gasteiger partial charge in [0.2, 0.25) is 0 Å². The normalized spacial score (nSPS) is 29.1. The zero-order chi connectivity index (χ0) is 13.6. The Kier molecular flexibility index (Phi) is 2.94. The maximum absolute atomic E-state index is 12.2. The van der Waals surface area contributed by atoms with E-state index in [1.54, 1.807) is 0 Å². The molecule has 1 atom stereocenters. The number of nitrogens with zero attached hydrogens (tertiary/aromatic N) is 4. The van der Waals surface area contributed by atoms with E-state index in [1.165, 1.54) is 41.5 Å². The van der Waals surface area contributed by atoms with E-state index in [1.807, 2.05) is 0 Å². The molecular formula is C14H22N4O2. The SMILES string of the molecule is O=c1n(C[C@@H]2CCC3(CCCCC3)O2)nnn1C1CC1. The van der Waals surface area contributed by atoms with Crippen LogP contribution in [0.2, 0.25) is 0 Å². The van der Waals surface area contributed by atoms with Crippen LogP contribution in [0.25, 0.3) is 0 Å². The lowest BCUT2D eigenvalue weighted by molar-refractivity contribution is -0.0692. The van der Waals surface area contributed by atoms with E-state index in [2.05, 4.69) is 10.4 Å². The molecule has 4 rings (SSSR count). The van der Waals surface area contributed by atoms with Crippen molar-refractivity contribution in [3.63, 3.8) is 0 Å². The average Bonchev–Trinajstić information content (AvgIpc) is 3.15. The number of hydrogen-bond donors (Lipinski definition) is 0. The Hall–Kier alpha value is -1.17. The molecule has 1 aliphatic heterocycles. The standard InChI is InChI=1S/C14H22N4O2/c19-13-17(15-16-18(13)11-4-5-11)10-12-6-9-14(20-12)7-2-1-3-8-14/h11-12H,1-10H2/t12-/m0/s1. The minimum absolute atomic E-state index is 0.0688. The molecule has 2 saturated carbocycles. The number of tetrazole rings is 1. The van der Waals surface area contributed by atoms with Gasteiger partial charge in [-0.1, -0.05) is 19.3 Å². The molecule has 6 heteroatoms. The fraction of sp³-hybridized carbons (Fsp3) is 0.929. The van der Waals surface area contributed by atoms with Gasteiger partial charge in [-0.2, -0.15) is 9.36 Å². The molecule has 3 fully saturated rings. The number of rotatable bonds is 3. The quantitative estimate of drug-likeness (QED) is 0.843. The van der Waals surface area contributed by atoms with Gasteiger partial charge in [0.15, 0.2) is 0 Å². The predicted molar refractivity (Wildman–Crippen MR) is 72.5 cm³/mol. The van der Waals surface area contributed by atoms with Crippen LogP contribution in [0, 0.1) is 0 Å². The molecule has 110 valence electrons. The first-order chi connectivity index (χ1) is 9.76. The minimum atomic E-state index is -0.0688. The van der Waals surface area contributed by atoms with Crippen molar-refractivity contribution >= 4 is 0 Å². The molecule has 6 nitrogen and oxygen atoms in total. The van der Waals surface area contributed by atoms with Crippen LogP contribution in [0.5, 0.6) is 0 Å². The van der Waals surface area contributed by atoms with Crippen molar-refractivity contribution in [3.8, 4) is 0 Å². The summed E-state index contributed by atoms with van der Waals surface area (Å²) in [6.07, 6.45) is 10.7. The van der Waals surface area contributed by atoms with Gasteiger partial charge >= 0.3 is 5.69 Å². The number of ether oxygens (including phenoxy) is 1. The lowest BCUT2D eigenvalue weighted by Gasteiger charge is -2.33. The lowest BCUT2D eigenvalue weighted by atomic mass is 9.83. The van der Waals surface area contributed by atoms with Crippen molar-refractivity contribution in [1.29, 1.82) is 0 Å². The molecule has 0 aromatic carbocycles.